The van der Waals surface area contributed by atoms with Crippen molar-refractivity contribution in [3.05, 3.63) is 53.8 Å². The van der Waals surface area contributed by atoms with Gasteiger partial charge in [-0.3, -0.25) is 9.58 Å². The van der Waals surface area contributed by atoms with E-state index in [1.165, 1.54) is 0 Å². The first-order valence-corrected chi connectivity index (χ1v) is 8.05. The molecule has 3 aromatic rings. The lowest BCUT2D eigenvalue weighted by Gasteiger charge is -2.19. The Kier molecular flexibility index (Phi) is 4.10. The molecule has 7 nitrogen and oxygen atoms in total. The van der Waals surface area contributed by atoms with Crippen molar-refractivity contribution in [2.75, 3.05) is 6.54 Å². The average molecular weight is 325 g/mol. The highest BCUT2D eigenvalue weighted by molar-refractivity contribution is 5.45. The van der Waals surface area contributed by atoms with Crippen LogP contribution in [0.3, 0.4) is 0 Å². The first kappa shape index (κ1) is 15.0. The second-order valence-corrected chi connectivity index (χ2v) is 5.96. The Labute approximate surface area is 139 Å². The van der Waals surface area contributed by atoms with Crippen LogP contribution in [0.2, 0.25) is 0 Å². The SMILES string of the molecule is OCc1cc2n(n1)CCCN(Cc1cnc(-c3ccco3)nc1)C2. The molecular weight excluding hydrogens is 306 g/mol. The Bertz CT molecular complexity index is 795. The number of furan rings is 1. The van der Waals surface area contributed by atoms with E-state index in [9.17, 15) is 5.11 Å². The predicted molar refractivity (Wildman–Crippen MR) is 86.6 cm³/mol. The molecule has 7 heteroatoms. The van der Waals surface area contributed by atoms with Crippen molar-refractivity contribution in [2.45, 2.75) is 32.7 Å². The van der Waals surface area contributed by atoms with Crippen LogP contribution in [0.4, 0.5) is 0 Å². The second-order valence-electron chi connectivity index (χ2n) is 5.96. The number of hydrogen-bond acceptors (Lipinski definition) is 6. The van der Waals surface area contributed by atoms with Crippen LogP contribution >= 0.6 is 0 Å². The summed E-state index contributed by atoms with van der Waals surface area (Å²) < 4.78 is 7.31. The van der Waals surface area contributed by atoms with Crippen LogP contribution in [0.5, 0.6) is 0 Å². The molecule has 1 aliphatic heterocycles. The molecule has 0 aromatic carbocycles. The van der Waals surface area contributed by atoms with Gasteiger partial charge >= 0.3 is 0 Å². The van der Waals surface area contributed by atoms with E-state index in [0.717, 1.165) is 49.6 Å². The minimum absolute atomic E-state index is 0.0118. The maximum atomic E-state index is 9.25. The smallest absolute Gasteiger partial charge is 0.195 e. The molecule has 0 spiro atoms. The zero-order valence-corrected chi connectivity index (χ0v) is 13.3. The van der Waals surface area contributed by atoms with E-state index < -0.39 is 0 Å². The van der Waals surface area contributed by atoms with Crippen LogP contribution in [-0.2, 0) is 26.2 Å². The van der Waals surface area contributed by atoms with Crippen LogP contribution < -0.4 is 0 Å². The zero-order chi connectivity index (χ0) is 16.4. The lowest BCUT2D eigenvalue weighted by atomic mass is 10.2. The minimum Gasteiger partial charge on any atom is -0.461 e. The minimum atomic E-state index is -0.0118. The van der Waals surface area contributed by atoms with Crippen molar-refractivity contribution in [1.82, 2.24) is 24.6 Å². The van der Waals surface area contributed by atoms with Crippen molar-refractivity contribution in [3.8, 4) is 11.6 Å². The molecule has 1 aliphatic rings. The van der Waals surface area contributed by atoms with E-state index in [1.54, 1.807) is 6.26 Å². The van der Waals surface area contributed by atoms with Gasteiger partial charge in [0.25, 0.3) is 0 Å². The van der Waals surface area contributed by atoms with Gasteiger partial charge in [-0.25, -0.2) is 9.97 Å². The van der Waals surface area contributed by atoms with Gasteiger partial charge in [-0.1, -0.05) is 0 Å². The lowest BCUT2D eigenvalue weighted by Crippen LogP contribution is -2.23. The zero-order valence-electron chi connectivity index (χ0n) is 13.3. The van der Waals surface area contributed by atoms with Crippen LogP contribution in [-0.4, -0.2) is 36.3 Å². The Morgan fingerprint density at radius 1 is 1.21 bits per heavy atom. The van der Waals surface area contributed by atoms with Gasteiger partial charge in [0, 0.05) is 44.1 Å². The summed E-state index contributed by atoms with van der Waals surface area (Å²) in [6.45, 7) is 3.48. The van der Waals surface area contributed by atoms with E-state index >= 15 is 0 Å². The Morgan fingerprint density at radius 2 is 2.08 bits per heavy atom. The van der Waals surface area contributed by atoms with Crippen LogP contribution in [0.15, 0.2) is 41.3 Å². The van der Waals surface area contributed by atoms with Gasteiger partial charge < -0.3 is 9.52 Å². The number of hydrogen-bond donors (Lipinski definition) is 1. The monoisotopic (exact) mass is 325 g/mol. The van der Waals surface area contributed by atoms with Crippen LogP contribution in [0.1, 0.15) is 23.4 Å². The van der Waals surface area contributed by atoms with Crippen LogP contribution in [0.25, 0.3) is 11.6 Å². The fourth-order valence-electron chi connectivity index (χ4n) is 3.03. The summed E-state index contributed by atoms with van der Waals surface area (Å²) in [5.41, 5.74) is 2.95. The van der Waals surface area contributed by atoms with Gasteiger partial charge in [0.15, 0.2) is 11.6 Å². The van der Waals surface area contributed by atoms with Gasteiger partial charge in [0.05, 0.1) is 24.3 Å². The first-order chi connectivity index (χ1) is 11.8. The second kappa shape index (κ2) is 6.54. The third kappa shape index (κ3) is 3.08. The van der Waals surface area contributed by atoms with Gasteiger partial charge in [0.2, 0.25) is 0 Å². The molecule has 0 unspecified atom stereocenters. The van der Waals surface area contributed by atoms with Gasteiger partial charge in [0.1, 0.15) is 0 Å². The number of aliphatic hydroxyl groups is 1. The van der Waals surface area contributed by atoms with Crippen molar-refractivity contribution in [2.24, 2.45) is 0 Å². The normalized spacial score (nSPS) is 15.2. The Hall–Kier alpha value is -2.51. The largest absolute Gasteiger partial charge is 0.461 e. The number of nitrogens with zero attached hydrogens (tertiary/aromatic N) is 5. The lowest BCUT2D eigenvalue weighted by molar-refractivity contribution is 0.259. The molecular formula is C17H19N5O2. The molecule has 0 amide bonds. The molecule has 4 rings (SSSR count). The molecule has 3 aromatic heterocycles. The summed E-state index contributed by atoms with van der Waals surface area (Å²) in [4.78, 5) is 11.1. The molecule has 0 atom stereocenters. The summed E-state index contributed by atoms with van der Waals surface area (Å²) in [7, 11) is 0. The summed E-state index contributed by atoms with van der Waals surface area (Å²) in [5.74, 6) is 1.28. The first-order valence-electron chi connectivity index (χ1n) is 8.05. The van der Waals surface area contributed by atoms with Crippen molar-refractivity contribution >= 4 is 0 Å². The average Bonchev–Trinajstić information content (AvgIpc) is 3.23. The molecule has 0 saturated heterocycles. The van der Waals surface area contributed by atoms with E-state index in [2.05, 4.69) is 20.0 Å². The number of rotatable bonds is 4. The Balaban J connectivity index is 1.46. The fraction of sp³-hybridized carbons (Fsp3) is 0.353. The summed E-state index contributed by atoms with van der Waals surface area (Å²) in [5, 5.41) is 13.7. The van der Waals surface area contributed by atoms with E-state index in [1.807, 2.05) is 35.3 Å². The van der Waals surface area contributed by atoms with Crippen LogP contribution in [0, 0.1) is 0 Å². The van der Waals surface area contributed by atoms with E-state index in [0.29, 0.717) is 11.6 Å². The number of aryl methyl sites for hydroxylation is 1. The summed E-state index contributed by atoms with van der Waals surface area (Å²) in [6, 6.07) is 5.66. The van der Waals surface area contributed by atoms with Crippen molar-refractivity contribution in [1.29, 1.82) is 0 Å². The van der Waals surface area contributed by atoms with Crippen molar-refractivity contribution in [3.63, 3.8) is 0 Å². The summed E-state index contributed by atoms with van der Waals surface area (Å²) >= 11 is 0. The highest BCUT2D eigenvalue weighted by Crippen LogP contribution is 2.18. The molecule has 0 saturated carbocycles. The number of aliphatic hydroxyl groups excluding tert-OH is 1. The van der Waals surface area contributed by atoms with E-state index in [4.69, 9.17) is 4.42 Å². The maximum absolute atomic E-state index is 9.25. The molecule has 0 radical (unpaired) electrons. The van der Waals surface area contributed by atoms with Crippen molar-refractivity contribution < 1.29 is 9.52 Å². The van der Waals surface area contributed by atoms with Gasteiger partial charge in [-0.05, 0) is 24.6 Å². The quantitative estimate of drug-likeness (QED) is 0.788. The number of fused-ring (bicyclic) bond motifs is 1. The molecule has 1 N–H and O–H groups in total. The molecule has 0 fully saturated rings. The van der Waals surface area contributed by atoms with Gasteiger partial charge in [-0.2, -0.15) is 5.10 Å². The van der Waals surface area contributed by atoms with E-state index in [-0.39, 0.29) is 6.61 Å². The molecule has 0 aliphatic carbocycles. The molecule has 4 heterocycles. The van der Waals surface area contributed by atoms with Gasteiger partial charge in [-0.15, -0.1) is 0 Å². The Morgan fingerprint density at radius 3 is 2.83 bits per heavy atom. The topological polar surface area (TPSA) is 80.2 Å². The molecule has 0 bridgehead atoms. The molecule has 124 valence electrons. The third-order valence-corrected chi connectivity index (χ3v) is 4.16. The third-order valence-electron chi connectivity index (χ3n) is 4.16. The number of aromatic nitrogens is 4. The fourth-order valence-corrected chi connectivity index (χ4v) is 3.03. The summed E-state index contributed by atoms with van der Waals surface area (Å²) in [6.07, 6.45) is 6.36. The highest BCUT2D eigenvalue weighted by Gasteiger charge is 2.17. The highest BCUT2D eigenvalue weighted by atomic mass is 16.3. The molecule has 24 heavy (non-hydrogen) atoms. The predicted octanol–water partition coefficient (Wildman–Crippen LogP) is 1.83. The standard InChI is InChI=1S/C17H19N5O2/c23-12-14-7-15-11-21(4-2-5-22(15)20-14)10-13-8-18-17(19-9-13)16-3-1-6-24-16/h1,3,6-9,23H,2,4-5,10-12H2. The maximum Gasteiger partial charge on any atom is 0.195 e.